The minimum absolute atomic E-state index is 0.0928. The number of ketones is 1. The van der Waals surface area contributed by atoms with Crippen LogP contribution in [-0.4, -0.2) is 30.0 Å². The second-order valence-corrected chi connectivity index (χ2v) is 6.36. The number of ether oxygens (including phenoxy) is 2. The fourth-order valence-electron chi connectivity index (χ4n) is 4.14. The van der Waals surface area contributed by atoms with Crippen LogP contribution in [0, 0.1) is 11.8 Å². The van der Waals surface area contributed by atoms with Crippen molar-refractivity contribution in [1.29, 1.82) is 0 Å². The van der Waals surface area contributed by atoms with Crippen LogP contribution in [-0.2, 0) is 16.6 Å². The van der Waals surface area contributed by atoms with Crippen molar-refractivity contribution in [2.45, 2.75) is 44.9 Å². The van der Waals surface area contributed by atoms with E-state index >= 15 is 0 Å². The second kappa shape index (κ2) is 4.97. The van der Waals surface area contributed by atoms with Gasteiger partial charge in [0.25, 0.3) is 0 Å². The van der Waals surface area contributed by atoms with Crippen molar-refractivity contribution in [3.05, 3.63) is 11.3 Å². The third-order valence-corrected chi connectivity index (χ3v) is 5.39. The minimum atomic E-state index is -0.0928. The number of carbonyl (C=O) groups excluding carboxylic acids is 1. The van der Waals surface area contributed by atoms with E-state index in [-0.39, 0.29) is 11.3 Å². The highest BCUT2D eigenvalue weighted by Gasteiger charge is 2.49. The molecule has 0 saturated heterocycles. The highest BCUT2D eigenvalue weighted by atomic mass is 16.5. The molecule has 3 rings (SSSR count). The molecule has 1 fully saturated rings. The molecule has 1 heterocycles. The van der Waals surface area contributed by atoms with E-state index in [0.717, 1.165) is 30.5 Å². The molecule has 5 heteroatoms. The van der Waals surface area contributed by atoms with E-state index in [2.05, 4.69) is 23.8 Å². The Balaban J connectivity index is 2.15. The molecule has 0 aliphatic heterocycles. The molecule has 21 heavy (non-hydrogen) atoms. The quantitative estimate of drug-likeness (QED) is 0.836. The number of hydrogen-bond acceptors (Lipinski definition) is 5. The van der Waals surface area contributed by atoms with E-state index in [1.54, 1.807) is 14.2 Å². The summed E-state index contributed by atoms with van der Waals surface area (Å²) in [6.07, 6.45) is 3.32. The lowest BCUT2D eigenvalue weighted by molar-refractivity contribution is -0.128. The zero-order valence-electron chi connectivity index (χ0n) is 13.1. The van der Waals surface area contributed by atoms with Crippen molar-refractivity contribution in [2.75, 3.05) is 14.2 Å². The molecule has 1 aromatic heterocycles. The molecule has 0 unspecified atom stereocenters. The number of Topliss-reactive ketones (excluding diaryl/α,β-unsaturated/α-hetero) is 1. The van der Waals surface area contributed by atoms with Crippen molar-refractivity contribution in [1.82, 2.24) is 9.97 Å². The summed E-state index contributed by atoms with van der Waals surface area (Å²) >= 11 is 0. The summed E-state index contributed by atoms with van der Waals surface area (Å²) in [5, 5.41) is 0. The number of aromatic nitrogens is 2. The standard InChI is InChI=1S/C16H22N2O3/c1-9-11-6-5-10-13(16(11,2)8-7-12(9)19)17-15(21-4)18-14(10)20-3/h9,11H,5-8H2,1-4H3/t9-,11-,16-/m0/s1. The fourth-order valence-corrected chi connectivity index (χ4v) is 4.14. The van der Waals surface area contributed by atoms with Crippen LogP contribution in [0.15, 0.2) is 0 Å². The number of carbonyl (C=O) groups is 1. The van der Waals surface area contributed by atoms with Crippen LogP contribution in [0.1, 0.15) is 44.4 Å². The summed E-state index contributed by atoms with van der Waals surface area (Å²) in [5.41, 5.74) is 2.00. The molecular formula is C16H22N2O3. The third kappa shape index (κ3) is 2.01. The van der Waals surface area contributed by atoms with Gasteiger partial charge < -0.3 is 9.47 Å². The SMILES string of the molecule is COc1nc(OC)c2c(n1)[C@@]1(C)CCC(=O)[C@@H](C)[C@@H]1CC2. The van der Waals surface area contributed by atoms with Crippen molar-refractivity contribution < 1.29 is 14.3 Å². The Morgan fingerprint density at radius 3 is 2.62 bits per heavy atom. The summed E-state index contributed by atoms with van der Waals surface area (Å²) < 4.78 is 10.7. The lowest BCUT2D eigenvalue weighted by Gasteiger charge is -2.47. The van der Waals surface area contributed by atoms with E-state index in [1.165, 1.54) is 0 Å². The Bertz CT molecular complexity index is 587. The highest BCUT2D eigenvalue weighted by Crippen LogP contribution is 2.51. The predicted octanol–water partition coefficient (Wildman–Crippen LogP) is 2.31. The topological polar surface area (TPSA) is 61.3 Å². The normalized spacial score (nSPS) is 31.3. The van der Waals surface area contributed by atoms with Crippen LogP contribution in [0.25, 0.3) is 0 Å². The van der Waals surface area contributed by atoms with Crippen LogP contribution < -0.4 is 9.47 Å². The first kappa shape index (κ1) is 14.3. The number of nitrogens with zero attached hydrogens (tertiary/aromatic N) is 2. The molecular weight excluding hydrogens is 268 g/mol. The van der Waals surface area contributed by atoms with Gasteiger partial charge in [-0.2, -0.15) is 9.97 Å². The van der Waals surface area contributed by atoms with Crippen molar-refractivity contribution in [3.8, 4) is 11.9 Å². The van der Waals surface area contributed by atoms with Gasteiger partial charge in [0.1, 0.15) is 5.78 Å². The maximum absolute atomic E-state index is 12.1. The number of methoxy groups -OCH3 is 2. The summed E-state index contributed by atoms with van der Waals surface area (Å²) in [6.45, 7) is 4.29. The van der Waals surface area contributed by atoms with E-state index in [0.29, 0.717) is 30.0 Å². The average Bonchev–Trinajstić information content (AvgIpc) is 2.50. The maximum atomic E-state index is 12.1. The molecule has 114 valence electrons. The van der Waals surface area contributed by atoms with Gasteiger partial charge in [-0.15, -0.1) is 0 Å². The van der Waals surface area contributed by atoms with Gasteiger partial charge in [-0.3, -0.25) is 4.79 Å². The smallest absolute Gasteiger partial charge is 0.319 e. The van der Waals surface area contributed by atoms with Crippen LogP contribution in [0.5, 0.6) is 11.9 Å². The molecule has 0 spiro atoms. The largest absolute Gasteiger partial charge is 0.481 e. The van der Waals surface area contributed by atoms with E-state index in [1.807, 2.05) is 0 Å². The fraction of sp³-hybridized carbons (Fsp3) is 0.688. The average molecular weight is 290 g/mol. The zero-order valence-corrected chi connectivity index (χ0v) is 13.1. The van der Waals surface area contributed by atoms with E-state index in [4.69, 9.17) is 9.47 Å². The highest BCUT2D eigenvalue weighted by molar-refractivity contribution is 5.82. The van der Waals surface area contributed by atoms with E-state index < -0.39 is 0 Å². The molecule has 5 nitrogen and oxygen atoms in total. The van der Waals surface area contributed by atoms with Gasteiger partial charge >= 0.3 is 6.01 Å². The van der Waals surface area contributed by atoms with E-state index in [9.17, 15) is 4.79 Å². The maximum Gasteiger partial charge on any atom is 0.319 e. The lowest BCUT2D eigenvalue weighted by atomic mass is 9.56. The van der Waals surface area contributed by atoms with Crippen molar-refractivity contribution >= 4 is 5.78 Å². The van der Waals surface area contributed by atoms with Crippen LogP contribution in [0.2, 0.25) is 0 Å². The Kier molecular flexibility index (Phi) is 3.38. The van der Waals surface area contributed by atoms with Crippen LogP contribution >= 0.6 is 0 Å². The molecule has 1 aromatic rings. The Hall–Kier alpha value is -1.65. The number of hydrogen-bond donors (Lipinski definition) is 0. The third-order valence-electron chi connectivity index (χ3n) is 5.39. The zero-order chi connectivity index (χ0) is 15.2. The van der Waals surface area contributed by atoms with Gasteiger partial charge in [-0.1, -0.05) is 13.8 Å². The van der Waals surface area contributed by atoms with Gasteiger partial charge in [0.15, 0.2) is 0 Å². The molecule has 0 N–H and O–H groups in total. The molecule has 2 aliphatic carbocycles. The van der Waals surface area contributed by atoms with Crippen LogP contribution in [0.3, 0.4) is 0 Å². The minimum Gasteiger partial charge on any atom is -0.481 e. The number of fused-ring (bicyclic) bond motifs is 3. The van der Waals surface area contributed by atoms with Crippen molar-refractivity contribution in [3.63, 3.8) is 0 Å². The van der Waals surface area contributed by atoms with Gasteiger partial charge in [0, 0.05) is 23.3 Å². The Morgan fingerprint density at radius 1 is 1.19 bits per heavy atom. The second-order valence-electron chi connectivity index (χ2n) is 6.36. The summed E-state index contributed by atoms with van der Waals surface area (Å²) in [5.74, 6) is 1.44. The van der Waals surface area contributed by atoms with Gasteiger partial charge in [-0.05, 0) is 25.2 Å². The molecule has 1 saturated carbocycles. The van der Waals surface area contributed by atoms with Gasteiger partial charge in [0.05, 0.1) is 19.9 Å². The van der Waals surface area contributed by atoms with Crippen LogP contribution in [0.4, 0.5) is 0 Å². The van der Waals surface area contributed by atoms with Crippen molar-refractivity contribution in [2.24, 2.45) is 11.8 Å². The monoisotopic (exact) mass is 290 g/mol. The molecule has 0 bridgehead atoms. The first-order valence-electron chi connectivity index (χ1n) is 7.53. The van der Waals surface area contributed by atoms with Gasteiger partial charge in [0.2, 0.25) is 5.88 Å². The first-order chi connectivity index (χ1) is 10.0. The summed E-state index contributed by atoms with van der Waals surface area (Å²) in [7, 11) is 3.19. The molecule has 2 aliphatic rings. The molecule has 0 amide bonds. The Morgan fingerprint density at radius 2 is 1.95 bits per heavy atom. The Labute approximate surface area is 125 Å². The molecule has 3 atom stereocenters. The first-order valence-corrected chi connectivity index (χ1v) is 7.53. The summed E-state index contributed by atoms with van der Waals surface area (Å²) in [4.78, 5) is 21.0. The summed E-state index contributed by atoms with van der Waals surface area (Å²) in [6, 6.07) is 0.344. The lowest BCUT2D eigenvalue weighted by Crippen LogP contribution is -2.47. The van der Waals surface area contributed by atoms with Gasteiger partial charge in [-0.25, -0.2) is 0 Å². The predicted molar refractivity (Wildman–Crippen MR) is 77.7 cm³/mol. The molecule has 0 aromatic carbocycles. The number of rotatable bonds is 2. The molecule has 0 radical (unpaired) electrons.